The quantitative estimate of drug-likeness (QED) is 0.0504. The topological polar surface area (TPSA) is 213 Å². The Morgan fingerprint density at radius 1 is 0.458 bits per heavy atom. The fraction of sp³-hybridized carbons (Fsp3) is 0.367. The number of aliphatic hydroxyl groups excluding tert-OH is 2. The molecule has 6 aromatic carbocycles. The van der Waals surface area contributed by atoms with Crippen molar-refractivity contribution in [1.29, 1.82) is 0 Å². The Kier molecular flexibility index (Phi) is 20.4. The molecule has 23 heteroatoms. The van der Waals surface area contributed by atoms with Gasteiger partial charge in [0, 0.05) is 11.1 Å². The van der Waals surface area contributed by atoms with Crippen LogP contribution in [0.5, 0.6) is 23.0 Å². The number of hydrogen-bond donors (Lipinski definition) is 2. The van der Waals surface area contributed by atoms with E-state index in [2.05, 4.69) is 0 Å². The first kappa shape index (κ1) is 63.0. The van der Waals surface area contributed by atoms with Crippen molar-refractivity contribution in [2.75, 3.05) is 92.5 Å². The van der Waals surface area contributed by atoms with E-state index in [4.69, 9.17) is 47.4 Å². The van der Waals surface area contributed by atoms with E-state index < -0.39 is 70.7 Å². The summed E-state index contributed by atoms with van der Waals surface area (Å²) in [5, 5.41) is 40.7. The van der Waals surface area contributed by atoms with E-state index in [1.807, 2.05) is 0 Å². The van der Waals surface area contributed by atoms with Crippen molar-refractivity contribution < 1.29 is 104 Å². The normalized spacial score (nSPS) is 17.1. The van der Waals surface area contributed by atoms with Crippen molar-refractivity contribution in [3.05, 3.63) is 167 Å². The van der Waals surface area contributed by atoms with Crippen molar-refractivity contribution in [3.8, 4) is 45.3 Å². The van der Waals surface area contributed by atoms with E-state index in [0.717, 1.165) is 0 Å². The molecule has 436 valence electrons. The zero-order chi connectivity index (χ0) is 58.2. The monoisotopic (exact) mass is 1190 g/mol. The summed E-state index contributed by atoms with van der Waals surface area (Å²) in [4.78, 5) is 21.6. The van der Waals surface area contributed by atoms with Gasteiger partial charge in [-0.25, -0.2) is 0 Å². The number of carboxylic acid groups (broad SMARTS) is 2. The van der Waals surface area contributed by atoms with Gasteiger partial charge in [-0.05, 0) is 81.9 Å². The van der Waals surface area contributed by atoms with E-state index in [-0.39, 0.29) is 126 Å². The molecule has 4 heterocycles. The molecule has 6 aromatic rings. The summed E-state index contributed by atoms with van der Waals surface area (Å²) in [7, 11) is 0. The molecule has 4 fully saturated rings. The average Bonchev–Trinajstić information content (AvgIpc) is 3.47. The Morgan fingerprint density at radius 3 is 1.04 bits per heavy atom. The molecular weight excluding hydrogens is 1130 g/mol. The first-order valence-electron chi connectivity index (χ1n) is 25.8. The summed E-state index contributed by atoms with van der Waals surface area (Å²) in [6, 6.07) is 34.3. The molecular formula is C60H56CaF6O16. The summed E-state index contributed by atoms with van der Waals surface area (Å²) in [5.74, 6) is -1.07. The van der Waals surface area contributed by atoms with Crippen LogP contribution in [-0.4, -0.2) is 152 Å². The number of halogens is 6. The third-order valence-electron chi connectivity index (χ3n) is 14.4. The maximum atomic E-state index is 14.3. The van der Waals surface area contributed by atoms with Crippen LogP contribution in [0.15, 0.2) is 133 Å². The molecule has 0 unspecified atom stereocenters. The fourth-order valence-electron chi connectivity index (χ4n) is 9.42. The van der Waals surface area contributed by atoms with E-state index in [1.165, 1.54) is 24.3 Å². The van der Waals surface area contributed by atoms with E-state index in [0.29, 0.717) is 71.7 Å². The van der Waals surface area contributed by atoms with Crippen LogP contribution in [0, 0.1) is 10.8 Å². The Labute approximate surface area is 502 Å². The Morgan fingerprint density at radius 2 is 0.771 bits per heavy atom. The molecule has 0 saturated carbocycles. The second-order valence-electron chi connectivity index (χ2n) is 20.5. The maximum Gasteiger partial charge on any atom is 2.00 e. The number of alkyl halides is 6. The summed E-state index contributed by atoms with van der Waals surface area (Å²) < 4.78 is 140. The standard InChI is InChI=1S/2C30H29F3O8.Ca/c2*31-30(32,33)27-21(12-39-23-10-6-22(7-11-23)29(18-38-19-29)41-13-26(35)36)2-1-3-25(27)20-4-8-24(9-5-20)40-17-28(14-34)15-37-16-28;/h2*1-11,34H,12-19H2,(H,35,36);/q;;+2/p-2. The van der Waals surface area contributed by atoms with Gasteiger partial charge in [-0.2, -0.15) is 26.3 Å². The third-order valence-corrected chi connectivity index (χ3v) is 14.4. The van der Waals surface area contributed by atoms with Gasteiger partial charge in [0.15, 0.2) is 0 Å². The van der Waals surface area contributed by atoms with Gasteiger partial charge in [0.25, 0.3) is 0 Å². The third kappa shape index (κ3) is 15.1. The van der Waals surface area contributed by atoms with Gasteiger partial charge in [0.05, 0.1) is 113 Å². The van der Waals surface area contributed by atoms with E-state index in [9.17, 15) is 56.4 Å². The zero-order valence-corrected chi connectivity index (χ0v) is 46.8. The number of carbonyl (C=O) groups is 2. The van der Waals surface area contributed by atoms with Gasteiger partial charge in [-0.1, -0.05) is 84.9 Å². The fourth-order valence-corrected chi connectivity index (χ4v) is 9.42. The van der Waals surface area contributed by atoms with Crippen LogP contribution >= 0.6 is 0 Å². The molecule has 0 spiro atoms. The summed E-state index contributed by atoms with van der Waals surface area (Å²) >= 11 is 0. The van der Waals surface area contributed by atoms with Crippen molar-refractivity contribution in [2.24, 2.45) is 10.8 Å². The number of ether oxygens (including phenoxy) is 10. The first-order chi connectivity index (χ1) is 39.3. The predicted molar refractivity (Wildman–Crippen MR) is 280 cm³/mol. The molecule has 0 atom stereocenters. The second-order valence-corrected chi connectivity index (χ2v) is 20.5. The molecule has 0 aromatic heterocycles. The number of carboxylic acids is 2. The Hall–Kier alpha value is -6.02. The molecule has 0 radical (unpaired) electrons. The number of carbonyl (C=O) groups excluding carboxylic acids is 2. The number of rotatable bonds is 24. The minimum atomic E-state index is -4.64. The molecule has 4 saturated heterocycles. The molecule has 0 aliphatic carbocycles. The van der Waals surface area contributed by atoms with Crippen LogP contribution in [0.1, 0.15) is 33.4 Å². The smallest absolute Gasteiger partial charge is 0.548 e. The second kappa shape index (κ2) is 26.9. The Bertz CT molecular complexity index is 2900. The minimum absolute atomic E-state index is 0. The van der Waals surface area contributed by atoms with Crippen LogP contribution < -0.4 is 29.2 Å². The number of aliphatic carboxylic acids is 2. The first-order valence-corrected chi connectivity index (χ1v) is 25.8. The molecule has 10 rings (SSSR count). The molecule has 0 bridgehead atoms. The maximum absolute atomic E-state index is 14.3. The predicted octanol–water partition coefficient (Wildman–Crippen LogP) is 6.28. The van der Waals surface area contributed by atoms with Crippen molar-refractivity contribution in [3.63, 3.8) is 0 Å². The van der Waals surface area contributed by atoms with Crippen LogP contribution in [0.4, 0.5) is 26.3 Å². The van der Waals surface area contributed by atoms with Gasteiger partial charge in [-0.15, -0.1) is 0 Å². The SMILES string of the molecule is O=C([O-])COC1(c2ccc(OCc3cccc(-c4ccc(OCC5(CO)COC5)cc4)c3C(F)(F)F)cc2)COC1.O=C([O-])COC1(c2ccc(OCc3cccc(-c4ccc(OCC5(CO)COC5)cc4)c3C(F)(F)F)cc2)COC1.[Ca+2]. The van der Waals surface area contributed by atoms with Crippen LogP contribution in [0.2, 0.25) is 0 Å². The van der Waals surface area contributed by atoms with Crippen LogP contribution in [0.25, 0.3) is 22.3 Å². The van der Waals surface area contributed by atoms with Crippen LogP contribution in [-0.2, 0) is 74.8 Å². The van der Waals surface area contributed by atoms with Crippen molar-refractivity contribution in [2.45, 2.75) is 36.8 Å². The van der Waals surface area contributed by atoms with Gasteiger partial charge >= 0.3 is 50.1 Å². The molecule has 4 aliphatic rings. The van der Waals surface area contributed by atoms with Gasteiger partial charge in [0.1, 0.15) is 60.6 Å². The molecule has 4 aliphatic heterocycles. The zero-order valence-electron chi connectivity index (χ0n) is 44.6. The molecule has 2 N–H and O–H groups in total. The van der Waals surface area contributed by atoms with E-state index >= 15 is 0 Å². The molecule has 0 amide bonds. The minimum Gasteiger partial charge on any atom is -0.548 e. The Balaban J connectivity index is 0.000000214. The molecule has 16 nitrogen and oxygen atoms in total. The van der Waals surface area contributed by atoms with Gasteiger partial charge in [-0.3, -0.25) is 0 Å². The van der Waals surface area contributed by atoms with Crippen molar-refractivity contribution in [1.82, 2.24) is 0 Å². The van der Waals surface area contributed by atoms with Gasteiger partial charge < -0.3 is 77.4 Å². The summed E-state index contributed by atoms with van der Waals surface area (Å²) in [5.41, 5.74) is -2.30. The summed E-state index contributed by atoms with van der Waals surface area (Å²) in [6.45, 7) is 0.766. The number of hydrogen-bond acceptors (Lipinski definition) is 16. The van der Waals surface area contributed by atoms with E-state index in [1.54, 1.807) is 109 Å². The van der Waals surface area contributed by atoms with Crippen LogP contribution in [0.3, 0.4) is 0 Å². The van der Waals surface area contributed by atoms with Crippen molar-refractivity contribution >= 4 is 49.7 Å². The number of aliphatic hydroxyl groups is 2. The molecule has 83 heavy (non-hydrogen) atoms. The largest absolute Gasteiger partial charge is 2.00 e. The van der Waals surface area contributed by atoms with Gasteiger partial charge in [0.2, 0.25) is 0 Å². The average molecular weight is 1190 g/mol. The number of benzene rings is 6. The summed E-state index contributed by atoms with van der Waals surface area (Å²) in [6.07, 6.45) is -9.28.